The number of carbonyl (C=O) groups excluding carboxylic acids is 2. The van der Waals surface area contributed by atoms with E-state index in [2.05, 4.69) is 15.7 Å². The number of nitrogens with zero attached hydrogens (tertiary/aromatic N) is 2. The monoisotopic (exact) mass is 370 g/mol. The molecule has 7 nitrogen and oxygen atoms in total. The number of nitrogens with one attached hydrogen (secondary N) is 2. The fourth-order valence-electron chi connectivity index (χ4n) is 1.85. The first kappa shape index (κ1) is 18.3. The van der Waals surface area contributed by atoms with Gasteiger partial charge in [0.1, 0.15) is 0 Å². The van der Waals surface area contributed by atoms with E-state index >= 15 is 0 Å². The van der Waals surface area contributed by atoms with Gasteiger partial charge in [-0.3, -0.25) is 14.3 Å². The molecular weight excluding hydrogens is 355 g/mol. The van der Waals surface area contributed by atoms with Gasteiger partial charge < -0.3 is 15.7 Å². The van der Waals surface area contributed by atoms with E-state index in [1.54, 1.807) is 29.1 Å². The molecule has 1 atom stereocenters. The molecule has 1 aromatic carbocycles. The molecule has 0 radical (unpaired) electrons. The summed E-state index contributed by atoms with van der Waals surface area (Å²) in [5.41, 5.74) is 1.19. The van der Waals surface area contributed by atoms with E-state index in [-0.39, 0.29) is 6.54 Å². The first-order valence-corrected chi connectivity index (χ1v) is 7.84. The number of aromatic nitrogens is 2. The van der Waals surface area contributed by atoms with Crippen molar-refractivity contribution < 1.29 is 14.7 Å². The highest BCUT2D eigenvalue weighted by molar-refractivity contribution is 6.39. The summed E-state index contributed by atoms with van der Waals surface area (Å²) in [4.78, 5) is 23.2. The third-order valence-corrected chi connectivity index (χ3v) is 3.59. The van der Waals surface area contributed by atoms with Gasteiger partial charge in [-0.25, -0.2) is 0 Å². The molecule has 0 bridgehead atoms. The summed E-state index contributed by atoms with van der Waals surface area (Å²) in [6.07, 6.45) is 2.27. The predicted molar refractivity (Wildman–Crippen MR) is 91.1 cm³/mol. The summed E-state index contributed by atoms with van der Waals surface area (Å²) < 4.78 is 1.57. The highest BCUT2D eigenvalue weighted by Gasteiger charge is 2.15. The number of aliphatic hydroxyl groups is 1. The van der Waals surface area contributed by atoms with Crippen LogP contribution in [0.5, 0.6) is 0 Å². The van der Waals surface area contributed by atoms with Gasteiger partial charge in [-0.15, -0.1) is 0 Å². The molecule has 0 aliphatic carbocycles. The van der Waals surface area contributed by atoms with Gasteiger partial charge in [0.05, 0.1) is 24.5 Å². The highest BCUT2D eigenvalue weighted by atomic mass is 35.5. The third-order valence-electron chi connectivity index (χ3n) is 3.00. The van der Waals surface area contributed by atoms with E-state index in [9.17, 15) is 9.59 Å². The molecule has 0 aliphatic heterocycles. The van der Waals surface area contributed by atoms with Crippen molar-refractivity contribution in [2.75, 3.05) is 11.9 Å². The molecule has 2 rings (SSSR count). The van der Waals surface area contributed by atoms with Crippen LogP contribution in [0.3, 0.4) is 0 Å². The Labute approximate surface area is 148 Å². The van der Waals surface area contributed by atoms with Crippen LogP contribution in [0, 0.1) is 0 Å². The quantitative estimate of drug-likeness (QED) is 0.697. The molecule has 1 aromatic heterocycles. The summed E-state index contributed by atoms with van der Waals surface area (Å²) in [6.45, 7) is 1.89. The number of amides is 2. The number of hydrogen-bond donors (Lipinski definition) is 3. The highest BCUT2D eigenvalue weighted by Crippen LogP contribution is 2.22. The van der Waals surface area contributed by atoms with Crippen LogP contribution in [0.2, 0.25) is 10.0 Å². The average molecular weight is 371 g/mol. The van der Waals surface area contributed by atoms with Crippen molar-refractivity contribution in [3.63, 3.8) is 0 Å². The molecule has 0 aliphatic rings. The molecule has 9 heteroatoms. The molecule has 0 saturated carbocycles. The SMILES string of the molecule is C[C@H](O)CNC(=O)C(=O)Nc1cnn(Cc2ccc(Cl)cc2Cl)c1. The maximum atomic E-state index is 11.7. The van der Waals surface area contributed by atoms with Gasteiger partial charge in [-0.1, -0.05) is 29.3 Å². The zero-order chi connectivity index (χ0) is 17.7. The average Bonchev–Trinajstić information content (AvgIpc) is 2.94. The van der Waals surface area contributed by atoms with Crippen molar-refractivity contribution in [2.24, 2.45) is 0 Å². The fourth-order valence-corrected chi connectivity index (χ4v) is 2.32. The lowest BCUT2D eigenvalue weighted by molar-refractivity contribution is -0.136. The van der Waals surface area contributed by atoms with Crippen LogP contribution >= 0.6 is 23.2 Å². The van der Waals surface area contributed by atoms with Crippen LogP contribution in [0.25, 0.3) is 0 Å². The van der Waals surface area contributed by atoms with Gasteiger partial charge in [0.25, 0.3) is 0 Å². The first-order valence-electron chi connectivity index (χ1n) is 7.09. The summed E-state index contributed by atoms with van der Waals surface area (Å²) in [7, 11) is 0. The van der Waals surface area contributed by atoms with Crippen molar-refractivity contribution >= 4 is 40.7 Å². The zero-order valence-electron chi connectivity index (χ0n) is 12.8. The number of rotatable bonds is 5. The molecule has 0 unspecified atom stereocenters. The summed E-state index contributed by atoms with van der Waals surface area (Å²) >= 11 is 12.0. The second-order valence-electron chi connectivity index (χ2n) is 5.18. The number of hydrogen-bond acceptors (Lipinski definition) is 4. The van der Waals surface area contributed by atoms with Crippen LogP contribution < -0.4 is 10.6 Å². The fraction of sp³-hybridized carbons (Fsp3) is 0.267. The number of anilines is 1. The van der Waals surface area contributed by atoms with Crippen LogP contribution in [-0.4, -0.2) is 39.4 Å². The van der Waals surface area contributed by atoms with E-state index in [4.69, 9.17) is 28.3 Å². The Balaban J connectivity index is 1.95. The number of halogens is 2. The topological polar surface area (TPSA) is 96.2 Å². The van der Waals surface area contributed by atoms with Gasteiger partial charge in [-0.2, -0.15) is 5.10 Å². The molecule has 2 aromatic rings. The van der Waals surface area contributed by atoms with Gasteiger partial charge in [0.15, 0.2) is 0 Å². The molecule has 24 heavy (non-hydrogen) atoms. The van der Waals surface area contributed by atoms with Crippen LogP contribution in [0.4, 0.5) is 5.69 Å². The molecule has 0 spiro atoms. The smallest absolute Gasteiger partial charge is 0.313 e. The minimum atomic E-state index is -0.834. The minimum absolute atomic E-state index is 0.000576. The normalized spacial score (nSPS) is 11.8. The number of benzene rings is 1. The van der Waals surface area contributed by atoms with Crippen molar-refractivity contribution in [2.45, 2.75) is 19.6 Å². The van der Waals surface area contributed by atoms with Gasteiger partial charge in [-0.05, 0) is 24.6 Å². The minimum Gasteiger partial charge on any atom is -0.392 e. The molecule has 3 N–H and O–H groups in total. The van der Waals surface area contributed by atoms with Crippen molar-refractivity contribution in [1.82, 2.24) is 15.1 Å². The largest absolute Gasteiger partial charge is 0.392 e. The second-order valence-corrected chi connectivity index (χ2v) is 6.02. The van der Waals surface area contributed by atoms with Crippen molar-refractivity contribution in [1.29, 1.82) is 0 Å². The summed E-state index contributed by atoms with van der Waals surface area (Å²) in [5, 5.41) is 19.0. The Kier molecular flexibility index (Phi) is 6.19. The van der Waals surface area contributed by atoms with E-state index in [1.165, 1.54) is 13.1 Å². The van der Waals surface area contributed by atoms with Crippen molar-refractivity contribution in [3.05, 3.63) is 46.2 Å². The maximum absolute atomic E-state index is 11.7. The molecule has 1 heterocycles. The Hall–Kier alpha value is -2.09. The van der Waals surface area contributed by atoms with Crippen molar-refractivity contribution in [3.8, 4) is 0 Å². The number of carbonyl (C=O) groups is 2. The second kappa shape index (κ2) is 8.14. The molecular formula is C15H16Cl2N4O3. The van der Waals surface area contributed by atoms with E-state index in [0.29, 0.717) is 22.3 Å². The zero-order valence-corrected chi connectivity index (χ0v) is 14.3. The molecule has 0 fully saturated rings. The van der Waals surface area contributed by atoms with Crippen LogP contribution in [0.15, 0.2) is 30.6 Å². The summed E-state index contributed by atoms with van der Waals surface area (Å²) in [5.74, 6) is -1.66. The standard InChI is InChI=1S/C15H16Cl2N4O3/c1-9(22)5-18-14(23)15(24)20-12-6-19-21(8-12)7-10-2-3-11(16)4-13(10)17/h2-4,6,8-9,22H,5,7H2,1H3,(H,18,23)(H,20,24)/t9-/m0/s1. The van der Waals surface area contributed by atoms with Crippen LogP contribution in [0.1, 0.15) is 12.5 Å². The lowest BCUT2D eigenvalue weighted by Crippen LogP contribution is -2.38. The molecule has 0 saturated heterocycles. The van der Waals surface area contributed by atoms with Gasteiger partial charge in [0.2, 0.25) is 0 Å². The third kappa shape index (κ3) is 5.23. The Morgan fingerprint density at radius 1 is 1.33 bits per heavy atom. The number of aliphatic hydroxyl groups excluding tert-OH is 1. The Bertz CT molecular complexity index is 746. The van der Waals surface area contributed by atoms with Gasteiger partial charge in [0, 0.05) is 22.8 Å². The maximum Gasteiger partial charge on any atom is 0.313 e. The van der Waals surface area contributed by atoms with E-state index in [0.717, 1.165) is 5.56 Å². The predicted octanol–water partition coefficient (Wildman–Crippen LogP) is 1.67. The lowest BCUT2D eigenvalue weighted by Gasteiger charge is -2.06. The van der Waals surface area contributed by atoms with E-state index < -0.39 is 17.9 Å². The van der Waals surface area contributed by atoms with Crippen LogP contribution in [-0.2, 0) is 16.1 Å². The molecule has 128 valence electrons. The molecule has 2 amide bonds. The first-order chi connectivity index (χ1) is 11.3. The lowest BCUT2D eigenvalue weighted by atomic mass is 10.2. The Morgan fingerprint density at radius 2 is 2.08 bits per heavy atom. The summed E-state index contributed by atoms with van der Waals surface area (Å²) in [6, 6.07) is 5.15. The van der Waals surface area contributed by atoms with Gasteiger partial charge >= 0.3 is 11.8 Å². The van der Waals surface area contributed by atoms with E-state index in [1.807, 2.05) is 0 Å². The Morgan fingerprint density at radius 3 is 2.75 bits per heavy atom.